The van der Waals surface area contributed by atoms with Crippen molar-refractivity contribution in [3.05, 3.63) is 58.7 Å². The first-order valence-corrected chi connectivity index (χ1v) is 13.6. The van der Waals surface area contributed by atoms with Crippen molar-refractivity contribution in [1.82, 2.24) is 29.1 Å². The number of piperazine rings is 1. The van der Waals surface area contributed by atoms with Crippen LogP contribution in [0.2, 0.25) is 10.2 Å². The monoisotopic (exact) mass is 553 g/mol. The predicted octanol–water partition coefficient (Wildman–Crippen LogP) is 2.13. The van der Waals surface area contributed by atoms with Gasteiger partial charge in [0.1, 0.15) is 23.0 Å². The number of nitrogens with one attached hydrogen (secondary N) is 1. The molecule has 1 fully saturated rings. The summed E-state index contributed by atoms with van der Waals surface area (Å²) < 4.78 is 32.6. The first kappa shape index (κ1) is 26.1. The summed E-state index contributed by atoms with van der Waals surface area (Å²) in [6.45, 7) is 0.969. The number of hydrogen-bond donors (Lipinski definition) is 1. The first-order chi connectivity index (χ1) is 17.1. The van der Waals surface area contributed by atoms with Crippen LogP contribution in [0, 0.1) is 0 Å². The van der Waals surface area contributed by atoms with Crippen LogP contribution in [0.3, 0.4) is 0 Å². The van der Waals surface area contributed by atoms with E-state index in [1.165, 1.54) is 11.4 Å². The van der Waals surface area contributed by atoms with Crippen LogP contribution in [0.5, 0.6) is 5.75 Å². The summed E-state index contributed by atoms with van der Waals surface area (Å²) in [5.74, 6) is 1.11. The van der Waals surface area contributed by atoms with Gasteiger partial charge in [0.15, 0.2) is 0 Å². The molecule has 0 bridgehead atoms. The molecule has 11 nitrogen and oxygen atoms in total. The molecule has 1 atom stereocenters. The Morgan fingerprint density at radius 1 is 1.22 bits per heavy atom. The lowest BCUT2D eigenvalue weighted by Crippen LogP contribution is -2.56. The van der Waals surface area contributed by atoms with Gasteiger partial charge in [-0.3, -0.25) is 9.36 Å². The van der Waals surface area contributed by atoms with Gasteiger partial charge in [0.2, 0.25) is 21.9 Å². The van der Waals surface area contributed by atoms with Gasteiger partial charge in [-0.25, -0.2) is 18.4 Å². The Hall–Kier alpha value is -2.93. The van der Waals surface area contributed by atoms with Gasteiger partial charge in [-0.1, -0.05) is 29.3 Å². The number of hydrogen-bond acceptors (Lipinski definition) is 8. The largest absolute Gasteiger partial charge is 0.495 e. The molecule has 14 heteroatoms. The minimum absolute atomic E-state index is 0.0396. The molecule has 1 aromatic carbocycles. The van der Waals surface area contributed by atoms with Crippen LogP contribution in [0.4, 0.5) is 5.82 Å². The Labute approximate surface area is 219 Å². The van der Waals surface area contributed by atoms with Crippen molar-refractivity contribution in [3.8, 4) is 11.7 Å². The van der Waals surface area contributed by atoms with Gasteiger partial charge in [0.25, 0.3) is 0 Å². The van der Waals surface area contributed by atoms with E-state index in [0.29, 0.717) is 29.1 Å². The molecule has 36 heavy (non-hydrogen) atoms. The number of aromatic nitrogens is 4. The second-order valence-electron chi connectivity index (χ2n) is 8.24. The van der Waals surface area contributed by atoms with Gasteiger partial charge in [0.05, 0.1) is 24.4 Å². The van der Waals surface area contributed by atoms with E-state index in [1.807, 2.05) is 11.0 Å². The summed E-state index contributed by atoms with van der Waals surface area (Å²) in [5.41, 5.74) is 0.806. The highest BCUT2D eigenvalue weighted by atomic mass is 35.5. The van der Waals surface area contributed by atoms with Crippen LogP contribution in [0.1, 0.15) is 12.0 Å². The van der Waals surface area contributed by atoms with E-state index >= 15 is 0 Å². The number of benzene rings is 1. The summed E-state index contributed by atoms with van der Waals surface area (Å²) in [4.78, 5) is 27.6. The summed E-state index contributed by atoms with van der Waals surface area (Å²) in [6.07, 6.45) is 6.03. The molecule has 1 unspecified atom stereocenters. The lowest BCUT2D eigenvalue weighted by atomic mass is 10.1. The highest BCUT2D eigenvalue weighted by molar-refractivity contribution is 7.88. The number of imidazole rings is 1. The normalized spacial score (nSPS) is 16.7. The van der Waals surface area contributed by atoms with Crippen LogP contribution in [0.25, 0.3) is 5.95 Å². The lowest BCUT2D eigenvalue weighted by molar-refractivity contribution is -0.121. The predicted molar refractivity (Wildman–Crippen MR) is 136 cm³/mol. The number of anilines is 1. The van der Waals surface area contributed by atoms with Crippen LogP contribution >= 0.6 is 23.2 Å². The molecule has 0 spiro atoms. The fraction of sp³-hybridized carbons (Fsp3) is 0.364. The maximum absolute atomic E-state index is 12.9. The average molecular weight is 554 g/mol. The van der Waals surface area contributed by atoms with Crippen molar-refractivity contribution in [1.29, 1.82) is 0 Å². The van der Waals surface area contributed by atoms with Gasteiger partial charge < -0.3 is 15.0 Å². The summed E-state index contributed by atoms with van der Waals surface area (Å²) >= 11 is 12.4. The molecule has 1 saturated heterocycles. The number of carbonyl (C=O) groups excluding carboxylic acids is 1. The molecule has 0 saturated carbocycles. The summed E-state index contributed by atoms with van der Waals surface area (Å²) in [6, 6.07) is 6.38. The Balaban J connectivity index is 1.53. The number of sulfonamides is 1. The highest BCUT2D eigenvalue weighted by Gasteiger charge is 2.34. The summed E-state index contributed by atoms with van der Waals surface area (Å²) in [7, 11) is -1.91. The minimum atomic E-state index is -3.44. The second kappa shape index (κ2) is 11.0. The van der Waals surface area contributed by atoms with E-state index < -0.39 is 16.1 Å². The van der Waals surface area contributed by atoms with Crippen molar-refractivity contribution in [2.75, 3.05) is 37.9 Å². The molecular formula is C22H25Cl2N7O4S. The van der Waals surface area contributed by atoms with Gasteiger partial charge in [-0.15, -0.1) is 0 Å². The molecule has 2 aromatic heterocycles. The van der Waals surface area contributed by atoms with Gasteiger partial charge in [-0.05, 0) is 17.7 Å². The van der Waals surface area contributed by atoms with Crippen molar-refractivity contribution in [2.24, 2.45) is 0 Å². The molecule has 1 N–H and O–H groups in total. The van der Waals surface area contributed by atoms with E-state index in [1.54, 1.807) is 41.5 Å². The Bertz CT molecular complexity index is 1340. The molecule has 0 radical (unpaired) electrons. The number of ether oxygens (including phenoxy) is 1. The maximum atomic E-state index is 12.9. The maximum Gasteiger partial charge on any atom is 0.238 e. The molecule has 1 aliphatic heterocycles. The Morgan fingerprint density at radius 3 is 2.69 bits per heavy atom. The quantitative estimate of drug-likeness (QED) is 0.421. The lowest BCUT2D eigenvalue weighted by Gasteiger charge is -2.41. The Morgan fingerprint density at radius 2 is 2.03 bits per heavy atom. The number of halogens is 2. The van der Waals surface area contributed by atoms with Crippen molar-refractivity contribution < 1.29 is 17.9 Å². The molecule has 3 aromatic rings. The minimum Gasteiger partial charge on any atom is -0.495 e. The van der Waals surface area contributed by atoms with Gasteiger partial charge in [0, 0.05) is 51.1 Å². The second-order valence-corrected chi connectivity index (χ2v) is 11.0. The van der Waals surface area contributed by atoms with Crippen molar-refractivity contribution in [3.63, 3.8) is 0 Å². The molecule has 0 aliphatic carbocycles. The zero-order valence-electron chi connectivity index (χ0n) is 19.6. The van der Waals surface area contributed by atoms with Crippen LogP contribution in [0.15, 0.2) is 43.0 Å². The fourth-order valence-corrected chi connectivity index (χ4v) is 5.25. The third kappa shape index (κ3) is 6.25. The van der Waals surface area contributed by atoms with Gasteiger partial charge >= 0.3 is 0 Å². The van der Waals surface area contributed by atoms with Crippen molar-refractivity contribution in [2.45, 2.75) is 19.0 Å². The third-order valence-corrected chi connectivity index (χ3v) is 7.50. The summed E-state index contributed by atoms with van der Waals surface area (Å²) in [5, 5.41) is 3.54. The molecule has 1 aliphatic rings. The van der Waals surface area contributed by atoms with Crippen molar-refractivity contribution >= 4 is 45.0 Å². The van der Waals surface area contributed by atoms with Gasteiger partial charge in [-0.2, -0.15) is 9.29 Å². The van der Waals surface area contributed by atoms with Crippen LogP contribution in [-0.4, -0.2) is 77.2 Å². The van der Waals surface area contributed by atoms with E-state index in [9.17, 15) is 13.2 Å². The zero-order valence-corrected chi connectivity index (χ0v) is 22.0. The topological polar surface area (TPSA) is 123 Å². The van der Waals surface area contributed by atoms with E-state index in [4.69, 9.17) is 27.9 Å². The number of methoxy groups -OCH3 is 1. The molecule has 1 amide bonds. The SMILES string of the molecule is COc1ccc(CNC(=O)CC2CN(S(C)(=O)=O)CCN2c2cc(Cl)nc(-n3ccnc3)n2)cc1Cl. The standard InChI is InChI=1S/C22H25Cl2N7O4S/c1-35-18-4-3-15(9-17(18)23)12-26-21(32)10-16-13-30(36(2,33)34)7-8-31(16)20-11-19(24)27-22(28-20)29-6-5-25-14-29/h3-6,9,11,14,16H,7-8,10,12-13H2,1-2H3,(H,26,32). The van der Waals surface area contributed by atoms with E-state index in [0.717, 1.165) is 11.8 Å². The third-order valence-electron chi connectivity index (χ3n) is 5.74. The highest BCUT2D eigenvalue weighted by Crippen LogP contribution is 2.26. The molecule has 3 heterocycles. The number of amides is 1. The number of carbonyl (C=O) groups is 1. The van der Waals surface area contributed by atoms with Crippen LogP contribution < -0.4 is 15.0 Å². The Kier molecular flexibility index (Phi) is 7.98. The fourth-order valence-electron chi connectivity index (χ4n) is 3.95. The zero-order chi connectivity index (χ0) is 25.9. The van der Waals surface area contributed by atoms with E-state index in [-0.39, 0.29) is 37.1 Å². The van der Waals surface area contributed by atoms with E-state index in [2.05, 4.69) is 20.3 Å². The molecular weight excluding hydrogens is 529 g/mol. The van der Waals surface area contributed by atoms with Crippen LogP contribution in [-0.2, 0) is 21.4 Å². The molecule has 192 valence electrons. The average Bonchev–Trinajstić information content (AvgIpc) is 3.37. The smallest absolute Gasteiger partial charge is 0.238 e. The molecule has 4 rings (SSSR count). The number of nitrogens with zero attached hydrogens (tertiary/aromatic N) is 6. The number of rotatable bonds is 8. The first-order valence-electron chi connectivity index (χ1n) is 11.0.